The Labute approximate surface area is 167 Å². The first-order valence-electron chi connectivity index (χ1n) is 8.72. The number of hydrogen-bond donors (Lipinski definition) is 1. The Morgan fingerprint density at radius 1 is 1.39 bits per heavy atom. The Morgan fingerprint density at radius 2 is 2.14 bits per heavy atom. The van der Waals surface area contributed by atoms with E-state index in [0.717, 1.165) is 4.90 Å². The van der Waals surface area contributed by atoms with E-state index in [1.807, 2.05) is 6.92 Å². The van der Waals surface area contributed by atoms with E-state index in [2.05, 4.69) is 10.3 Å². The lowest BCUT2D eigenvalue weighted by atomic mass is 9.96. The molecule has 8 nitrogen and oxygen atoms in total. The lowest BCUT2D eigenvalue weighted by Crippen LogP contribution is -2.56. The van der Waals surface area contributed by atoms with Gasteiger partial charge < -0.3 is 10.1 Å². The number of halogens is 1. The molecular weight excluding hydrogens is 384 g/mol. The largest absolute Gasteiger partial charge is 0.496 e. The third-order valence-electron chi connectivity index (χ3n) is 4.38. The second kappa shape index (κ2) is 7.93. The molecule has 4 amide bonds. The molecule has 0 spiro atoms. The van der Waals surface area contributed by atoms with Gasteiger partial charge in [-0.1, -0.05) is 17.7 Å². The van der Waals surface area contributed by atoms with Crippen molar-refractivity contribution in [3.63, 3.8) is 0 Å². The van der Waals surface area contributed by atoms with Crippen LogP contribution in [0, 0.1) is 5.92 Å². The molecule has 0 radical (unpaired) electrons. The molecule has 146 valence electrons. The average molecular weight is 404 g/mol. The third kappa shape index (κ3) is 3.68. The number of urea groups is 1. The zero-order chi connectivity index (χ0) is 20.4. The summed E-state index contributed by atoms with van der Waals surface area (Å²) in [6.45, 7) is 3.53. The summed E-state index contributed by atoms with van der Waals surface area (Å²) >= 11 is 5.91. The Morgan fingerprint density at radius 3 is 2.82 bits per heavy atom. The van der Waals surface area contributed by atoms with Crippen LogP contribution in [0.1, 0.15) is 13.8 Å². The van der Waals surface area contributed by atoms with Crippen LogP contribution >= 0.6 is 11.6 Å². The summed E-state index contributed by atoms with van der Waals surface area (Å²) in [4.78, 5) is 43.3. The highest BCUT2D eigenvalue weighted by molar-refractivity contribution is 6.30. The van der Waals surface area contributed by atoms with Crippen molar-refractivity contribution in [1.29, 1.82) is 0 Å². The van der Waals surface area contributed by atoms with Crippen molar-refractivity contribution in [3.05, 3.63) is 40.6 Å². The topological polar surface area (TPSA) is 91.1 Å². The van der Waals surface area contributed by atoms with Crippen LogP contribution in [-0.4, -0.2) is 59.6 Å². The van der Waals surface area contributed by atoms with Gasteiger partial charge in [0.2, 0.25) is 0 Å². The van der Waals surface area contributed by atoms with Crippen molar-refractivity contribution in [1.82, 2.24) is 4.90 Å². The second-order valence-corrected chi connectivity index (χ2v) is 6.79. The average Bonchev–Trinajstić information content (AvgIpc) is 2.65. The molecule has 1 atom stereocenters. The molecule has 1 N–H and O–H groups in total. The number of anilines is 1. The standard InChI is InChI=1S/C19H19ClN4O4/c1-4-28-16-11(2)9-21-17-15(16)18(26)24(19(27)23(17)3)10-14(25)22-13-7-5-6-12(20)8-13/h5-9,15H,4,10H2,1-3H3/p+1. The van der Waals surface area contributed by atoms with Gasteiger partial charge in [-0.2, -0.15) is 9.48 Å². The summed E-state index contributed by atoms with van der Waals surface area (Å²) in [6, 6.07) is 5.98. The zero-order valence-corrected chi connectivity index (χ0v) is 16.5. The first-order valence-corrected chi connectivity index (χ1v) is 9.10. The van der Waals surface area contributed by atoms with Crippen LogP contribution in [0.5, 0.6) is 0 Å². The molecule has 1 unspecified atom stereocenters. The van der Waals surface area contributed by atoms with Gasteiger partial charge >= 0.3 is 11.9 Å². The molecule has 0 saturated carbocycles. The highest BCUT2D eigenvalue weighted by Gasteiger charge is 2.50. The summed E-state index contributed by atoms with van der Waals surface area (Å²) in [5.74, 6) is -1.18. The Hall–Kier alpha value is -3.00. The highest BCUT2D eigenvalue weighted by atomic mass is 35.5. The van der Waals surface area contributed by atoms with Crippen molar-refractivity contribution in [3.8, 4) is 0 Å². The Bertz CT molecular complexity index is 951. The van der Waals surface area contributed by atoms with Crippen LogP contribution in [0.25, 0.3) is 0 Å². The predicted octanol–water partition coefficient (Wildman–Crippen LogP) is 2.29. The van der Waals surface area contributed by atoms with E-state index in [1.54, 1.807) is 37.4 Å². The number of benzene rings is 1. The van der Waals surface area contributed by atoms with Crippen molar-refractivity contribution in [2.24, 2.45) is 10.9 Å². The number of aliphatic imine (C=N–C) groups is 1. The van der Waals surface area contributed by atoms with E-state index >= 15 is 0 Å². The van der Waals surface area contributed by atoms with Gasteiger partial charge in [-0.25, -0.2) is 4.79 Å². The number of carbonyl (C=O) groups is 3. The summed E-state index contributed by atoms with van der Waals surface area (Å²) in [5.41, 5.74) is 1.18. The number of nitrogens with one attached hydrogen (secondary N) is 1. The number of amides is 4. The van der Waals surface area contributed by atoms with E-state index in [4.69, 9.17) is 16.3 Å². The fraction of sp³-hybridized carbons (Fsp3) is 0.316. The van der Waals surface area contributed by atoms with Crippen molar-refractivity contribution < 1.29 is 23.7 Å². The maximum atomic E-state index is 13.1. The fourth-order valence-electron chi connectivity index (χ4n) is 3.09. The third-order valence-corrected chi connectivity index (χ3v) is 4.62. The summed E-state index contributed by atoms with van der Waals surface area (Å²) in [7, 11) is 1.51. The number of nitrogens with zero attached hydrogens (tertiary/aromatic N) is 3. The van der Waals surface area contributed by atoms with Crippen LogP contribution < -0.4 is 5.32 Å². The molecule has 28 heavy (non-hydrogen) atoms. The normalized spacial score (nSPS) is 19.1. The molecule has 1 aromatic rings. The van der Waals surface area contributed by atoms with Gasteiger partial charge in [-0.15, -0.1) is 4.99 Å². The molecule has 0 aliphatic carbocycles. The number of dihydropyridines is 1. The molecule has 0 fully saturated rings. The number of carbonyl (C=O) groups excluding carboxylic acids is 3. The van der Waals surface area contributed by atoms with E-state index in [9.17, 15) is 14.4 Å². The molecule has 2 aliphatic heterocycles. The number of rotatable bonds is 5. The molecular formula is C19H20ClN4O4+. The maximum Gasteiger partial charge on any atom is 0.446 e. The van der Waals surface area contributed by atoms with Gasteiger partial charge in [0, 0.05) is 16.3 Å². The molecule has 2 aliphatic rings. The zero-order valence-electron chi connectivity index (χ0n) is 15.7. The van der Waals surface area contributed by atoms with Crippen LogP contribution in [0.2, 0.25) is 5.02 Å². The molecule has 1 aromatic carbocycles. The highest BCUT2D eigenvalue weighted by Crippen LogP contribution is 2.28. The van der Waals surface area contributed by atoms with E-state index in [-0.39, 0.29) is 5.84 Å². The smallest absolute Gasteiger partial charge is 0.446 e. The van der Waals surface area contributed by atoms with Crippen molar-refractivity contribution in [2.75, 3.05) is 25.5 Å². The maximum absolute atomic E-state index is 13.1. The number of allylic oxidation sites excluding steroid dienone is 1. The monoisotopic (exact) mass is 403 g/mol. The second-order valence-electron chi connectivity index (χ2n) is 6.35. The summed E-state index contributed by atoms with van der Waals surface area (Å²) < 4.78 is 6.91. The van der Waals surface area contributed by atoms with Gasteiger partial charge in [0.05, 0.1) is 13.7 Å². The fourth-order valence-corrected chi connectivity index (χ4v) is 3.28. The van der Waals surface area contributed by atoms with E-state index in [1.165, 1.54) is 11.6 Å². The van der Waals surface area contributed by atoms with Crippen molar-refractivity contribution in [2.45, 2.75) is 13.8 Å². The SMILES string of the molecule is CCOC1=C(C)C=NC2=[N+](C)C(=O)N(CC(=O)Nc3cccc(Cl)c3)C(=O)C12. The molecule has 9 heteroatoms. The number of amidine groups is 1. The van der Waals surface area contributed by atoms with E-state index in [0.29, 0.717) is 28.6 Å². The predicted molar refractivity (Wildman–Crippen MR) is 105 cm³/mol. The van der Waals surface area contributed by atoms with Gasteiger partial charge in [-0.05, 0) is 32.0 Å². The summed E-state index contributed by atoms with van der Waals surface area (Å²) in [5, 5.41) is 3.10. The molecule has 3 rings (SSSR count). The minimum atomic E-state index is -0.855. The first-order chi connectivity index (χ1) is 13.3. The number of hydrogen-bond acceptors (Lipinski definition) is 5. The minimum absolute atomic E-state index is 0.288. The molecule has 0 aromatic heterocycles. The number of ether oxygens (including phenoxy) is 1. The van der Waals surface area contributed by atoms with Crippen molar-refractivity contribution >= 4 is 47.2 Å². The lowest BCUT2D eigenvalue weighted by molar-refractivity contribution is -0.408. The molecule has 0 saturated heterocycles. The van der Waals surface area contributed by atoms with Gasteiger partial charge in [-0.3, -0.25) is 9.59 Å². The Balaban J connectivity index is 1.86. The molecule has 2 heterocycles. The number of fused-ring (bicyclic) bond motifs is 1. The van der Waals surface area contributed by atoms with Gasteiger partial charge in [0.25, 0.3) is 11.7 Å². The van der Waals surface area contributed by atoms with Crippen LogP contribution in [0.15, 0.2) is 40.6 Å². The minimum Gasteiger partial charge on any atom is -0.496 e. The van der Waals surface area contributed by atoms with Crippen LogP contribution in [0.4, 0.5) is 10.5 Å². The lowest BCUT2D eigenvalue weighted by Gasteiger charge is -2.29. The van der Waals surface area contributed by atoms with Crippen LogP contribution in [0.3, 0.4) is 0 Å². The number of imide groups is 1. The van der Waals surface area contributed by atoms with Crippen LogP contribution in [-0.2, 0) is 14.3 Å². The Kier molecular flexibility index (Phi) is 5.60. The van der Waals surface area contributed by atoms with Gasteiger partial charge in [0.15, 0.2) is 12.5 Å². The first kappa shape index (κ1) is 19.8. The quantitative estimate of drug-likeness (QED) is 0.763. The summed E-state index contributed by atoms with van der Waals surface area (Å²) in [6.07, 6.45) is 1.56. The van der Waals surface area contributed by atoms with Gasteiger partial charge in [0.1, 0.15) is 12.0 Å². The molecule has 0 bridgehead atoms. The van der Waals surface area contributed by atoms with E-state index < -0.39 is 30.3 Å².